The van der Waals surface area contributed by atoms with Crippen LogP contribution in [0.4, 0.5) is 0 Å². The van der Waals surface area contributed by atoms with Gasteiger partial charge in [-0.3, -0.25) is 4.79 Å². The number of aliphatic hydroxyl groups is 3. The Kier molecular flexibility index (Phi) is 14.3. The van der Waals surface area contributed by atoms with Gasteiger partial charge in [0.1, 0.15) is 18.5 Å². The first kappa shape index (κ1) is 34.1. The van der Waals surface area contributed by atoms with Gasteiger partial charge >= 0.3 is 5.97 Å². The minimum atomic E-state index is -1.08. The van der Waals surface area contributed by atoms with Crippen molar-refractivity contribution in [2.75, 3.05) is 14.1 Å². The average Bonchev–Trinajstić information content (AvgIpc) is 2.88. The van der Waals surface area contributed by atoms with E-state index in [0.29, 0.717) is 31.6 Å². The number of nitrogens with zero attached hydrogens (tertiary/aromatic N) is 1. The number of aliphatic hydroxyl groups excluding tert-OH is 3. The first-order valence-electron chi connectivity index (χ1n) is 15.0. The summed E-state index contributed by atoms with van der Waals surface area (Å²) in [6.45, 7) is 9.84. The lowest BCUT2D eigenvalue weighted by molar-refractivity contribution is -0.283. The summed E-state index contributed by atoms with van der Waals surface area (Å²) in [6, 6.07) is -0.182. The van der Waals surface area contributed by atoms with Crippen molar-refractivity contribution >= 4 is 12.3 Å². The van der Waals surface area contributed by atoms with Crippen LogP contribution in [0.2, 0.25) is 0 Å². The second kappa shape index (κ2) is 16.4. The van der Waals surface area contributed by atoms with E-state index in [2.05, 4.69) is 6.92 Å². The molecule has 9 heteroatoms. The highest BCUT2D eigenvalue weighted by Gasteiger charge is 2.43. The zero-order valence-corrected chi connectivity index (χ0v) is 25.2. The molecule has 0 aromatic carbocycles. The predicted molar refractivity (Wildman–Crippen MR) is 149 cm³/mol. The number of carbonyl (C=O) groups is 2. The van der Waals surface area contributed by atoms with Crippen LogP contribution in [0.5, 0.6) is 0 Å². The molecule has 0 saturated carbocycles. The molecule has 0 radical (unpaired) electrons. The van der Waals surface area contributed by atoms with E-state index >= 15 is 0 Å². The molecule has 0 aliphatic carbocycles. The summed E-state index contributed by atoms with van der Waals surface area (Å²) >= 11 is 0. The average molecular weight is 558 g/mol. The van der Waals surface area contributed by atoms with E-state index in [1.54, 1.807) is 6.92 Å². The fraction of sp³-hybridized carbons (Fsp3) is 0.933. The Morgan fingerprint density at radius 1 is 1.00 bits per heavy atom. The SMILES string of the molecule is CC[C@@H]1CC[C@@H](C)CC[C@@H](O)[C@H](C)C[C@H](CC=O)[C@H](OC2O[C@H](C)C[C@H](N(C)C)[C@H]2O)[C@@H](C)[C@H](O)CC(=O)O1. The summed E-state index contributed by atoms with van der Waals surface area (Å²) in [5.41, 5.74) is 0. The van der Waals surface area contributed by atoms with Crippen LogP contribution in [-0.4, -0.2) is 95.5 Å². The number of hydrogen-bond donors (Lipinski definition) is 3. The fourth-order valence-corrected chi connectivity index (χ4v) is 6.11. The van der Waals surface area contributed by atoms with Gasteiger partial charge in [0.05, 0.1) is 30.8 Å². The lowest BCUT2D eigenvalue weighted by Crippen LogP contribution is -2.56. The van der Waals surface area contributed by atoms with Crippen LogP contribution in [0.3, 0.4) is 0 Å². The molecule has 39 heavy (non-hydrogen) atoms. The molecule has 2 aliphatic heterocycles. The van der Waals surface area contributed by atoms with Gasteiger partial charge in [0.25, 0.3) is 0 Å². The molecule has 0 spiro atoms. The van der Waals surface area contributed by atoms with Crippen molar-refractivity contribution in [1.82, 2.24) is 4.90 Å². The second-order valence-electron chi connectivity index (χ2n) is 12.5. The van der Waals surface area contributed by atoms with Gasteiger partial charge in [0.2, 0.25) is 0 Å². The van der Waals surface area contributed by atoms with Crippen LogP contribution >= 0.6 is 0 Å². The van der Waals surface area contributed by atoms with Gasteiger partial charge in [-0.2, -0.15) is 0 Å². The number of carbonyl (C=O) groups excluding carboxylic acids is 2. The number of likely N-dealkylation sites (N-methyl/N-ethyl adjacent to an activating group) is 1. The molecular formula is C30H55NO8. The summed E-state index contributed by atoms with van der Waals surface area (Å²) in [4.78, 5) is 26.6. The second-order valence-corrected chi connectivity index (χ2v) is 12.5. The lowest BCUT2D eigenvalue weighted by atomic mass is 9.78. The van der Waals surface area contributed by atoms with Gasteiger partial charge in [-0.05, 0) is 83.7 Å². The smallest absolute Gasteiger partial charge is 0.308 e. The van der Waals surface area contributed by atoms with Crippen LogP contribution in [0, 0.1) is 23.7 Å². The highest BCUT2D eigenvalue weighted by molar-refractivity contribution is 5.70. The summed E-state index contributed by atoms with van der Waals surface area (Å²) in [5.74, 6) is -1.11. The first-order chi connectivity index (χ1) is 18.4. The van der Waals surface area contributed by atoms with Crippen molar-refractivity contribution < 1.29 is 39.1 Å². The summed E-state index contributed by atoms with van der Waals surface area (Å²) < 4.78 is 18.2. The molecule has 9 nitrogen and oxygen atoms in total. The third-order valence-electron chi connectivity index (χ3n) is 8.95. The highest BCUT2D eigenvalue weighted by Crippen LogP contribution is 2.35. The quantitative estimate of drug-likeness (QED) is 0.333. The van der Waals surface area contributed by atoms with Crippen LogP contribution in [0.1, 0.15) is 92.4 Å². The van der Waals surface area contributed by atoms with E-state index in [1.807, 2.05) is 39.8 Å². The normalized spacial score (nSPS) is 42.2. The number of cyclic esters (lactones) is 1. The van der Waals surface area contributed by atoms with Crippen LogP contribution in [-0.2, 0) is 23.8 Å². The molecule has 0 aromatic heterocycles. The maximum Gasteiger partial charge on any atom is 0.308 e. The lowest BCUT2D eigenvalue weighted by Gasteiger charge is -2.44. The molecule has 0 amide bonds. The van der Waals surface area contributed by atoms with Gasteiger partial charge in [0.15, 0.2) is 6.29 Å². The molecule has 2 rings (SSSR count). The molecule has 228 valence electrons. The molecule has 3 N–H and O–H groups in total. The molecular weight excluding hydrogens is 502 g/mol. The van der Waals surface area contributed by atoms with Gasteiger partial charge < -0.3 is 39.2 Å². The number of rotatable bonds is 6. The highest BCUT2D eigenvalue weighted by atomic mass is 16.7. The van der Waals surface area contributed by atoms with Gasteiger partial charge in [-0.1, -0.05) is 27.7 Å². The maximum atomic E-state index is 12.8. The number of hydrogen-bond acceptors (Lipinski definition) is 9. The molecule has 2 aliphatic rings. The van der Waals surface area contributed by atoms with E-state index in [9.17, 15) is 24.9 Å². The minimum absolute atomic E-state index is 0.107. The van der Waals surface area contributed by atoms with E-state index in [1.165, 1.54) is 0 Å². The third-order valence-corrected chi connectivity index (χ3v) is 8.95. The molecule has 2 fully saturated rings. The van der Waals surface area contributed by atoms with Crippen molar-refractivity contribution in [2.45, 2.75) is 141 Å². The van der Waals surface area contributed by atoms with E-state index < -0.39 is 42.6 Å². The predicted octanol–water partition coefficient (Wildman–Crippen LogP) is 3.31. The number of ether oxygens (including phenoxy) is 3. The Bertz CT molecular complexity index is 736. The molecule has 0 aromatic rings. The van der Waals surface area contributed by atoms with Crippen molar-refractivity contribution in [3.63, 3.8) is 0 Å². The summed E-state index contributed by atoms with van der Waals surface area (Å²) in [7, 11) is 3.80. The van der Waals surface area contributed by atoms with Crippen LogP contribution < -0.4 is 0 Å². The first-order valence-corrected chi connectivity index (χ1v) is 15.0. The number of esters is 1. The van der Waals surface area contributed by atoms with Crippen LogP contribution in [0.15, 0.2) is 0 Å². The van der Waals surface area contributed by atoms with Gasteiger partial charge in [0, 0.05) is 18.4 Å². The van der Waals surface area contributed by atoms with Crippen LogP contribution in [0.25, 0.3) is 0 Å². The zero-order chi connectivity index (χ0) is 29.3. The van der Waals surface area contributed by atoms with Crippen molar-refractivity contribution in [3.8, 4) is 0 Å². The third kappa shape index (κ3) is 10.3. The van der Waals surface area contributed by atoms with E-state index in [-0.39, 0.29) is 42.9 Å². The Balaban J connectivity index is 2.38. The summed E-state index contributed by atoms with van der Waals surface area (Å²) in [6.07, 6.45) is 1.18. The van der Waals surface area contributed by atoms with Gasteiger partial charge in [-0.25, -0.2) is 0 Å². The number of aldehydes is 1. The largest absolute Gasteiger partial charge is 0.462 e. The Morgan fingerprint density at radius 2 is 1.67 bits per heavy atom. The Morgan fingerprint density at radius 3 is 2.28 bits per heavy atom. The van der Waals surface area contributed by atoms with Crippen molar-refractivity contribution in [3.05, 3.63) is 0 Å². The Hall–Kier alpha value is -1.10. The zero-order valence-electron chi connectivity index (χ0n) is 25.2. The topological polar surface area (TPSA) is 126 Å². The Labute approximate surface area is 235 Å². The van der Waals surface area contributed by atoms with E-state index in [4.69, 9.17) is 14.2 Å². The monoisotopic (exact) mass is 557 g/mol. The molecule has 0 bridgehead atoms. The summed E-state index contributed by atoms with van der Waals surface area (Å²) in [5, 5.41) is 33.3. The minimum Gasteiger partial charge on any atom is -0.462 e. The molecule has 2 heterocycles. The van der Waals surface area contributed by atoms with Gasteiger partial charge in [-0.15, -0.1) is 0 Å². The fourth-order valence-electron chi connectivity index (χ4n) is 6.11. The molecule has 12 atom stereocenters. The standard InChI is InChI=1S/C30H55NO8/c1-8-23-11-9-18(2)10-12-25(33)19(3)15-22(13-14-32)29(21(5)26(34)17-27(35)38-23)39-30-28(36)24(31(6)7)16-20(4)37-30/h14,18-26,28-30,33-34,36H,8-13,15-17H2,1-7H3/t18-,19-,20-,21+,22+,23-,24+,25-,26-,28-,29-,30?/m1/s1. The van der Waals surface area contributed by atoms with Crippen molar-refractivity contribution in [2.24, 2.45) is 23.7 Å². The molecule has 1 unspecified atom stereocenters. The maximum absolute atomic E-state index is 12.8. The molecule has 2 saturated heterocycles. The van der Waals surface area contributed by atoms with E-state index in [0.717, 1.165) is 25.5 Å². The van der Waals surface area contributed by atoms with Crippen molar-refractivity contribution in [1.29, 1.82) is 0 Å².